The van der Waals surface area contributed by atoms with Crippen LogP contribution in [0.2, 0.25) is 0 Å². The number of carboxylic acid groups (broad SMARTS) is 1. The molecule has 1 heterocycles. The van der Waals surface area contributed by atoms with E-state index in [1.807, 2.05) is 30.3 Å². The number of carboxylic acids is 1. The summed E-state index contributed by atoms with van der Waals surface area (Å²) in [5.74, 6) is -1.33. The van der Waals surface area contributed by atoms with Gasteiger partial charge in [0, 0.05) is 12.2 Å². The van der Waals surface area contributed by atoms with Gasteiger partial charge in [0.25, 0.3) is 5.91 Å². The fraction of sp³-hybridized carbons (Fsp3) is 0.267. The highest BCUT2D eigenvalue weighted by Gasteiger charge is 2.35. The molecule has 1 N–H and O–H groups in total. The Balaban J connectivity index is 1.81. The Morgan fingerprint density at radius 2 is 1.95 bits per heavy atom. The van der Waals surface area contributed by atoms with Gasteiger partial charge in [-0.05, 0) is 31.0 Å². The van der Waals surface area contributed by atoms with E-state index >= 15 is 0 Å². The summed E-state index contributed by atoms with van der Waals surface area (Å²) in [6.45, 7) is -0.276. The molecule has 1 aromatic carbocycles. The monoisotopic (exact) mass is 285 g/mol. The van der Waals surface area contributed by atoms with Gasteiger partial charge in [0.05, 0.1) is 5.69 Å². The third kappa shape index (κ3) is 2.94. The van der Waals surface area contributed by atoms with Crippen molar-refractivity contribution in [2.24, 2.45) is 0 Å². The predicted molar refractivity (Wildman–Crippen MR) is 75.3 cm³/mol. The van der Waals surface area contributed by atoms with Crippen LogP contribution in [0.25, 0.3) is 5.69 Å². The van der Waals surface area contributed by atoms with Crippen molar-refractivity contribution in [3.63, 3.8) is 0 Å². The number of nitrogens with zero attached hydrogens (tertiary/aromatic N) is 3. The van der Waals surface area contributed by atoms with Gasteiger partial charge in [-0.1, -0.05) is 18.2 Å². The molecule has 21 heavy (non-hydrogen) atoms. The second kappa shape index (κ2) is 5.40. The first kappa shape index (κ1) is 13.4. The first-order chi connectivity index (χ1) is 10.1. The van der Waals surface area contributed by atoms with E-state index in [0.29, 0.717) is 0 Å². The van der Waals surface area contributed by atoms with Crippen LogP contribution >= 0.6 is 0 Å². The Labute approximate surface area is 121 Å². The van der Waals surface area contributed by atoms with Crippen LogP contribution in [0, 0.1) is 0 Å². The molecular weight excluding hydrogens is 270 g/mol. The summed E-state index contributed by atoms with van der Waals surface area (Å²) in [6.07, 6.45) is 3.42. The van der Waals surface area contributed by atoms with Gasteiger partial charge in [0.2, 0.25) is 0 Å². The van der Waals surface area contributed by atoms with E-state index < -0.39 is 5.97 Å². The smallest absolute Gasteiger partial charge is 0.323 e. The molecule has 3 rings (SSSR count). The number of aliphatic carboxylic acids is 1. The summed E-state index contributed by atoms with van der Waals surface area (Å²) >= 11 is 0. The van der Waals surface area contributed by atoms with Gasteiger partial charge in [-0.3, -0.25) is 9.59 Å². The van der Waals surface area contributed by atoms with Crippen LogP contribution in [0.3, 0.4) is 0 Å². The Morgan fingerprint density at radius 1 is 1.24 bits per heavy atom. The second-order valence-corrected chi connectivity index (χ2v) is 5.04. The van der Waals surface area contributed by atoms with Crippen molar-refractivity contribution in [3.05, 3.63) is 48.3 Å². The topological polar surface area (TPSA) is 75.4 Å². The molecular formula is C15H15N3O3. The molecule has 6 nitrogen and oxygen atoms in total. The second-order valence-electron chi connectivity index (χ2n) is 5.04. The molecule has 0 atom stereocenters. The van der Waals surface area contributed by atoms with Crippen molar-refractivity contribution in [1.29, 1.82) is 0 Å². The first-order valence-corrected chi connectivity index (χ1v) is 6.79. The maximum Gasteiger partial charge on any atom is 0.323 e. The number of rotatable bonds is 5. The molecule has 0 saturated heterocycles. The zero-order chi connectivity index (χ0) is 14.8. The molecule has 1 fully saturated rings. The van der Waals surface area contributed by atoms with Crippen LogP contribution in [0.4, 0.5) is 0 Å². The zero-order valence-electron chi connectivity index (χ0n) is 11.3. The number of benzene rings is 1. The van der Waals surface area contributed by atoms with E-state index in [2.05, 4.69) is 5.10 Å². The minimum absolute atomic E-state index is 0.0375. The Bertz CT molecular complexity index is 662. The number of carbonyl (C=O) groups is 2. The molecule has 6 heteroatoms. The van der Waals surface area contributed by atoms with E-state index in [4.69, 9.17) is 5.11 Å². The highest BCUT2D eigenvalue weighted by molar-refractivity contribution is 5.94. The molecule has 1 aliphatic rings. The molecule has 108 valence electrons. The highest BCUT2D eigenvalue weighted by atomic mass is 16.4. The standard InChI is InChI=1S/C15H15N3O3/c19-14(20)10-17(11-6-7-11)15(21)13-8-9-18(16-13)12-4-2-1-3-5-12/h1-5,8-9,11H,6-7,10H2,(H,19,20). The first-order valence-electron chi connectivity index (χ1n) is 6.79. The number of hydrogen-bond acceptors (Lipinski definition) is 3. The number of amides is 1. The number of hydrogen-bond donors (Lipinski definition) is 1. The summed E-state index contributed by atoms with van der Waals surface area (Å²) in [5.41, 5.74) is 1.12. The van der Waals surface area contributed by atoms with Crippen LogP contribution in [-0.4, -0.2) is 44.3 Å². The average molecular weight is 285 g/mol. The summed E-state index contributed by atoms with van der Waals surface area (Å²) in [6, 6.07) is 11.1. The van der Waals surface area contributed by atoms with Crippen molar-refractivity contribution >= 4 is 11.9 Å². The lowest BCUT2D eigenvalue weighted by atomic mass is 10.3. The van der Waals surface area contributed by atoms with E-state index in [1.54, 1.807) is 16.9 Å². The SMILES string of the molecule is O=C(O)CN(C(=O)c1ccn(-c2ccccc2)n1)C1CC1. The molecule has 0 unspecified atom stereocenters. The normalized spacial score (nSPS) is 13.9. The molecule has 1 aromatic heterocycles. The van der Waals surface area contributed by atoms with E-state index in [0.717, 1.165) is 18.5 Å². The minimum Gasteiger partial charge on any atom is -0.480 e. The number of aromatic nitrogens is 2. The van der Waals surface area contributed by atoms with Crippen molar-refractivity contribution in [2.75, 3.05) is 6.54 Å². The quantitative estimate of drug-likeness (QED) is 0.904. The molecule has 1 saturated carbocycles. The Morgan fingerprint density at radius 3 is 2.57 bits per heavy atom. The van der Waals surface area contributed by atoms with E-state index in [-0.39, 0.29) is 24.2 Å². The lowest BCUT2D eigenvalue weighted by molar-refractivity contribution is -0.137. The van der Waals surface area contributed by atoms with Crippen LogP contribution in [0.5, 0.6) is 0 Å². The highest BCUT2D eigenvalue weighted by Crippen LogP contribution is 2.27. The molecule has 0 spiro atoms. The maximum absolute atomic E-state index is 12.4. The minimum atomic E-state index is -1.00. The summed E-state index contributed by atoms with van der Waals surface area (Å²) in [7, 11) is 0. The van der Waals surface area contributed by atoms with Gasteiger partial charge in [-0.15, -0.1) is 0 Å². The van der Waals surface area contributed by atoms with Gasteiger partial charge >= 0.3 is 5.97 Å². The fourth-order valence-corrected chi connectivity index (χ4v) is 2.21. The largest absolute Gasteiger partial charge is 0.480 e. The van der Waals surface area contributed by atoms with Gasteiger partial charge in [0.1, 0.15) is 6.54 Å². The fourth-order valence-electron chi connectivity index (χ4n) is 2.21. The Kier molecular flexibility index (Phi) is 3.43. The summed E-state index contributed by atoms with van der Waals surface area (Å²) in [5, 5.41) is 13.2. The van der Waals surface area contributed by atoms with Gasteiger partial charge in [0.15, 0.2) is 5.69 Å². The molecule has 2 aromatic rings. The van der Waals surface area contributed by atoms with Crippen molar-refractivity contribution in [1.82, 2.24) is 14.7 Å². The van der Waals surface area contributed by atoms with Crippen molar-refractivity contribution in [2.45, 2.75) is 18.9 Å². The van der Waals surface area contributed by atoms with Crippen LogP contribution in [0.1, 0.15) is 23.3 Å². The maximum atomic E-state index is 12.4. The molecule has 0 aliphatic heterocycles. The van der Waals surface area contributed by atoms with Gasteiger partial charge < -0.3 is 10.0 Å². The van der Waals surface area contributed by atoms with Crippen LogP contribution < -0.4 is 0 Å². The van der Waals surface area contributed by atoms with Gasteiger partial charge in [-0.2, -0.15) is 5.10 Å². The lowest BCUT2D eigenvalue weighted by Crippen LogP contribution is -2.37. The predicted octanol–water partition coefficient (Wildman–Crippen LogP) is 1.56. The Hall–Kier alpha value is -2.63. The molecule has 0 radical (unpaired) electrons. The van der Waals surface area contributed by atoms with E-state index in [9.17, 15) is 9.59 Å². The van der Waals surface area contributed by atoms with Crippen molar-refractivity contribution < 1.29 is 14.7 Å². The molecule has 0 bridgehead atoms. The summed E-state index contributed by atoms with van der Waals surface area (Å²) in [4.78, 5) is 24.7. The molecule has 1 aliphatic carbocycles. The summed E-state index contributed by atoms with van der Waals surface area (Å²) < 4.78 is 1.61. The van der Waals surface area contributed by atoms with Crippen LogP contribution in [-0.2, 0) is 4.79 Å². The zero-order valence-corrected chi connectivity index (χ0v) is 11.3. The van der Waals surface area contributed by atoms with Gasteiger partial charge in [-0.25, -0.2) is 4.68 Å². The molecule has 1 amide bonds. The number of para-hydroxylation sites is 1. The van der Waals surface area contributed by atoms with Crippen molar-refractivity contribution in [3.8, 4) is 5.69 Å². The van der Waals surface area contributed by atoms with E-state index in [1.165, 1.54) is 4.90 Å². The third-order valence-corrected chi connectivity index (χ3v) is 3.38. The average Bonchev–Trinajstić information content (AvgIpc) is 3.21. The van der Waals surface area contributed by atoms with Crippen LogP contribution in [0.15, 0.2) is 42.6 Å². The lowest BCUT2D eigenvalue weighted by Gasteiger charge is -2.18. The third-order valence-electron chi connectivity index (χ3n) is 3.38. The number of carbonyl (C=O) groups excluding carboxylic acids is 1.